The van der Waals surface area contributed by atoms with Gasteiger partial charge in [-0.3, -0.25) is 0 Å². The van der Waals surface area contributed by atoms with E-state index in [2.05, 4.69) is 48.3 Å². The van der Waals surface area contributed by atoms with Crippen molar-refractivity contribution in [2.45, 2.75) is 62.7 Å². The summed E-state index contributed by atoms with van der Waals surface area (Å²) < 4.78 is 0. The third-order valence-corrected chi connectivity index (χ3v) is 6.32. The van der Waals surface area contributed by atoms with Crippen molar-refractivity contribution in [1.29, 1.82) is 0 Å². The van der Waals surface area contributed by atoms with Gasteiger partial charge in [-0.1, -0.05) is 44.0 Å². The van der Waals surface area contributed by atoms with E-state index in [1.165, 1.54) is 49.8 Å². The van der Waals surface area contributed by atoms with E-state index >= 15 is 0 Å². The average Bonchev–Trinajstić information content (AvgIpc) is 2.44. The first-order valence-electron chi connectivity index (χ1n) is 8.33. The molecule has 1 nitrogen and oxygen atoms in total. The molecular weight excluding hydrogens is 262 g/mol. The van der Waals surface area contributed by atoms with E-state index < -0.39 is 0 Å². The summed E-state index contributed by atoms with van der Waals surface area (Å²) in [6.07, 6.45) is 8.39. The Balaban J connectivity index is 1.78. The molecule has 3 rings (SSSR count). The van der Waals surface area contributed by atoms with Crippen LogP contribution in [-0.4, -0.2) is 17.5 Å². The highest BCUT2D eigenvalue weighted by Crippen LogP contribution is 2.39. The maximum absolute atomic E-state index is 3.75. The van der Waals surface area contributed by atoms with Crippen LogP contribution in [0.15, 0.2) is 24.3 Å². The van der Waals surface area contributed by atoms with Crippen LogP contribution in [0, 0.1) is 0 Å². The van der Waals surface area contributed by atoms with Crippen molar-refractivity contribution < 1.29 is 0 Å². The Bertz CT molecular complexity index is 421. The summed E-state index contributed by atoms with van der Waals surface area (Å²) in [4.78, 5) is 0. The molecule has 20 heavy (non-hydrogen) atoms. The van der Waals surface area contributed by atoms with Crippen molar-refractivity contribution in [2.24, 2.45) is 0 Å². The van der Waals surface area contributed by atoms with E-state index in [9.17, 15) is 0 Å². The van der Waals surface area contributed by atoms with Gasteiger partial charge in [0, 0.05) is 11.3 Å². The summed E-state index contributed by atoms with van der Waals surface area (Å²) in [6, 6.07) is 9.99. The lowest BCUT2D eigenvalue weighted by Crippen LogP contribution is -2.31. The molecular formula is C18H27NS. The molecule has 1 aromatic carbocycles. The number of hydrogen-bond donors (Lipinski definition) is 1. The minimum absolute atomic E-state index is 0.547. The number of nitrogens with one attached hydrogen (secondary N) is 1. The van der Waals surface area contributed by atoms with Crippen molar-refractivity contribution in [2.75, 3.05) is 12.3 Å². The molecule has 1 aliphatic carbocycles. The van der Waals surface area contributed by atoms with Crippen molar-refractivity contribution in [3.8, 4) is 0 Å². The van der Waals surface area contributed by atoms with Crippen LogP contribution in [0.3, 0.4) is 0 Å². The monoisotopic (exact) mass is 289 g/mol. The van der Waals surface area contributed by atoms with E-state index in [4.69, 9.17) is 0 Å². The zero-order valence-electron chi connectivity index (χ0n) is 12.6. The molecule has 2 aliphatic rings. The standard InChI is InChI=1S/C18H27NS/c1-2-19-18(17-11-3-4-12-20-17)16-10-6-9-15(13-16)14-7-5-8-14/h6,9-10,13-14,17-19H,2-5,7-8,11-12H2,1H3. The molecule has 110 valence electrons. The van der Waals surface area contributed by atoms with E-state index in [-0.39, 0.29) is 0 Å². The summed E-state index contributed by atoms with van der Waals surface area (Å²) >= 11 is 2.18. The van der Waals surface area contributed by atoms with Crippen LogP contribution < -0.4 is 5.32 Å². The second-order valence-corrected chi connectivity index (χ2v) is 7.59. The second kappa shape index (κ2) is 7.00. The normalized spacial score (nSPS) is 25.1. The molecule has 1 aromatic rings. The third kappa shape index (κ3) is 3.23. The maximum Gasteiger partial charge on any atom is 0.0440 e. The first kappa shape index (κ1) is 14.5. The molecule has 0 radical (unpaired) electrons. The second-order valence-electron chi connectivity index (χ2n) is 6.24. The van der Waals surface area contributed by atoms with E-state index in [0.717, 1.165) is 17.7 Å². The molecule has 0 bridgehead atoms. The fraction of sp³-hybridized carbons (Fsp3) is 0.667. The van der Waals surface area contributed by atoms with Gasteiger partial charge in [0.25, 0.3) is 0 Å². The number of benzene rings is 1. The van der Waals surface area contributed by atoms with Gasteiger partial charge < -0.3 is 5.32 Å². The van der Waals surface area contributed by atoms with Gasteiger partial charge in [0.2, 0.25) is 0 Å². The topological polar surface area (TPSA) is 12.0 Å². The third-order valence-electron chi connectivity index (χ3n) is 4.86. The molecule has 0 spiro atoms. The van der Waals surface area contributed by atoms with Gasteiger partial charge in [-0.2, -0.15) is 11.8 Å². The largest absolute Gasteiger partial charge is 0.309 e. The predicted octanol–water partition coefficient (Wildman–Crippen LogP) is 4.89. The van der Waals surface area contributed by atoms with Gasteiger partial charge in [-0.05, 0) is 55.0 Å². The lowest BCUT2D eigenvalue weighted by atomic mass is 9.79. The van der Waals surface area contributed by atoms with Gasteiger partial charge in [0.1, 0.15) is 0 Å². The van der Waals surface area contributed by atoms with E-state index in [0.29, 0.717) is 6.04 Å². The number of hydrogen-bond acceptors (Lipinski definition) is 2. The summed E-state index contributed by atoms with van der Waals surface area (Å²) in [5, 5.41) is 4.51. The molecule has 0 aromatic heterocycles. The molecule has 2 atom stereocenters. The Hall–Kier alpha value is -0.470. The van der Waals surface area contributed by atoms with Crippen molar-refractivity contribution >= 4 is 11.8 Å². The fourth-order valence-electron chi connectivity index (χ4n) is 3.46. The lowest BCUT2D eigenvalue weighted by molar-refractivity contribution is 0.418. The molecule has 2 fully saturated rings. The molecule has 1 saturated carbocycles. The Morgan fingerprint density at radius 1 is 1.20 bits per heavy atom. The quantitative estimate of drug-likeness (QED) is 0.828. The first-order chi connectivity index (χ1) is 9.88. The maximum atomic E-state index is 3.75. The average molecular weight is 289 g/mol. The van der Waals surface area contributed by atoms with Gasteiger partial charge in [-0.25, -0.2) is 0 Å². The van der Waals surface area contributed by atoms with Crippen LogP contribution in [0.2, 0.25) is 0 Å². The summed E-state index contributed by atoms with van der Waals surface area (Å²) in [5.74, 6) is 2.19. The van der Waals surface area contributed by atoms with Crippen LogP contribution in [0.4, 0.5) is 0 Å². The van der Waals surface area contributed by atoms with Gasteiger partial charge in [0.15, 0.2) is 0 Å². The zero-order valence-corrected chi connectivity index (χ0v) is 13.4. The molecule has 2 heteroatoms. The highest BCUT2D eigenvalue weighted by Gasteiger charge is 2.26. The highest BCUT2D eigenvalue weighted by atomic mass is 32.2. The van der Waals surface area contributed by atoms with Crippen LogP contribution in [0.1, 0.15) is 68.5 Å². The summed E-state index contributed by atoms with van der Waals surface area (Å²) in [7, 11) is 0. The smallest absolute Gasteiger partial charge is 0.0440 e. The number of thioether (sulfide) groups is 1. The number of rotatable bonds is 5. The van der Waals surface area contributed by atoms with Crippen LogP contribution in [0.5, 0.6) is 0 Å². The molecule has 0 amide bonds. The Labute approximate surface area is 127 Å². The predicted molar refractivity (Wildman–Crippen MR) is 89.5 cm³/mol. The van der Waals surface area contributed by atoms with Crippen molar-refractivity contribution in [1.82, 2.24) is 5.32 Å². The van der Waals surface area contributed by atoms with Crippen LogP contribution >= 0.6 is 11.8 Å². The van der Waals surface area contributed by atoms with Gasteiger partial charge in [0.05, 0.1) is 0 Å². The highest BCUT2D eigenvalue weighted by molar-refractivity contribution is 8.00. The van der Waals surface area contributed by atoms with Gasteiger partial charge in [-0.15, -0.1) is 0 Å². The minimum atomic E-state index is 0.547. The van der Waals surface area contributed by atoms with E-state index in [1.807, 2.05) is 0 Å². The summed E-state index contributed by atoms with van der Waals surface area (Å²) in [5.41, 5.74) is 3.10. The molecule has 1 heterocycles. The minimum Gasteiger partial charge on any atom is -0.309 e. The SMILES string of the molecule is CCNC(c1cccc(C2CCC2)c1)C1CCCCS1. The van der Waals surface area contributed by atoms with Gasteiger partial charge >= 0.3 is 0 Å². The van der Waals surface area contributed by atoms with Crippen LogP contribution in [0.25, 0.3) is 0 Å². The van der Waals surface area contributed by atoms with Crippen molar-refractivity contribution in [3.63, 3.8) is 0 Å². The zero-order chi connectivity index (χ0) is 13.8. The lowest BCUT2D eigenvalue weighted by Gasteiger charge is -2.32. The molecule has 2 unspecified atom stereocenters. The molecule has 1 saturated heterocycles. The summed E-state index contributed by atoms with van der Waals surface area (Å²) in [6.45, 7) is 3.30. The van der Waals surface area contributed by atoms with E-state index in [1.54, 1.807) is 5.56 Å². The Kier molecular flexibility index (Phi) is 5.06. The molecule has 1 N–H and O–H groups in total. The Morgan fingerprint density at radius 2 is 2.10 bits per heavy atom. The van der Waals surface area contributed by atoms with Crippen LogP contribution in [-0.2, 0) is 0 Å². The Morgan fingerprint density at radius 3 is 2.75 bits per heavy atom. The first-order valence-corrected chi connectivity index (χ1v) is 9.38. The van der Waals surface area contributed by atoms with Crippen molar-refractivity contribution in [3.05, 3.63) is 35.4 Å². The molecule has 1 aliphatic heterocycles. The fourth-order valence-corrected chi connectivity index (χ4v) is 4.91.